The zero-order valence-electron chi connectivity index (χ0n) is 10.6. The average Bonchev–Trinajstić information content (AvgIpc) is 2.70. The van der Waals surface area contributed by atoms with Crippen LogP contribution in [0.15, 0.2) is 0 Å². The second kappa shape index (κ2) is 4.12. The largest absolute Gasteiger partial charge is 0.444 e. The molecule has 98 valence electrons. The molecule has 0 aromatic carbocycles. The molecule has 17 heavy (non-hydrogen) atoms. The minimum atomic E-state index is -0.453. The van der Waals surface area contributed by atoms with Crippen molar-refractivity contribution in [3.8, 4) is 0 Å². The molecular weight excluding hydrogens is 286 g/mol. The molecule has 1 amide bonds. The van der Waals surface area contributed by atoms with Crippen molar-refractivity contribution in [2.24, 2.45) is 0 Å². The lowest BCUT2D eigenvalue weighted by molar-refractivity contribution is -0.00728. The molecule has 2 bridgehead atoms. The number of alkyl halides is 1. The van der Waals surface area contributed by atoms with Crippen LogP contribution in [0.2, 0.25) is 0 Å². The quantitative estimate of drug-likeness (QED) is 0.798. The molecule has 2 rings (SSSR count). The fraction of sp³-hybridized carbons (Fsp3) is 0.917. The van der Waals surface area contributed by atoms with Gasteiger partial charge in [0.05, 0.1) is 17.7 Å². The summed E-state index contributed by atoms with van der Waals surface area (Å²) in [5.41, 5.74) is -0.740. The van der Waals surface area contributed by atoms with Crippen LogP contribution in [0.25, 0.3) is 0 Å². The molecule has 0 aromatic heterocycles. The van der Waals surface area contributed by atoms with E-state index in [1.807, 2.05) is 20.8 Å². The van der Waals surface area contributed by atoms with Gasteiger partial charge in [0, 0.05) is 11.8 Å². The zero-order valence-corrected chi connectivity index (χ0v) is 12.2. The van der Waals surface area contributed by atoms with Gasteiger partial charge < -0.3 is 14.8 Å². The van der Waals surface area contributed by atoms with Crippen molar-refractivity contribution < 1.29 is 14.3 Å². The van der Waals surface area contributed by atoms with Gasteiger partial charge in [-0.15, -0.1) is 0 Å². The number of carbonyl (C=O) groups is 1. The molecule has 1 heterocycles. The molecule has 2 atom stereocenters. The van der Waals surface area contributed by atoms with E-state index >= 15 is 0 Å². The molecule has 4 nitrogen and oxygen atoms in total. The molecule has 1 saturated carbocycles. The Labute approximate surface area is 111 Å². The second-order valence-electron chi connectivity index (χ2n) is 6.19. The Bertz CT molecular complexity index is 316. The van der Waals surface area contributed by atoms with E-state index in [0.717, 1.165) is 24.6 Å². The number of halogens is 1. The fourth-order valence-electron chi connectivity index (χ4n) is 2.61. The summed E-state index contributed by atoms with van der Waals surface area (Å²) in [6.45, 7) is 6.20. The van der Waals surface area contributed by atoms with Gasteiger partial charge in [0.2, 0.25) is 0 Å². The van der Waals surface area contributed by atoms with Crippen LogP contribution in [0.5, 0.6) is 0 Å². The van der Waals surface area contributed by atoms with Gasteiger partial charge in [-0.3, -0.25) is 0 Å². The standard InChI is InChI=1S/C12H20BrNO3/c1-10(2,3)17-9(15)14-11-4-5-12(6-11,7-13)16-8-11/h4-8H2,1-3H3,(H,14,15). The second-order valence-corrected chi connectivity index (χ2v) is 6.75. The Kier molecular flexibility index (Phi) is 3.19. The Hall–Kier alpha value is -0.290. The highest BCUT2D eigenvalue weighted by Crippen LogP contribution is 2.48. The summed E-state index contributed by atoms with van der Waals surface area (Å²) in [6.07, 6.45) is 2.50. The van der Waals surface area contributed by atoms with E-state index in [2.05, 4.69) is 21.2 Å². The summed E-state index contributed by atoms with van der Waals surface area (Å²) in [4.78, 5) is 11.8. The Morgan fingerprint density at radius 3 is 2.59 bits per heavy atom. The van der Waals surface area contributed by atoms with Crippen LogP contribution in [0.1, 0.15) is 40.0 Å². The molecule has 2 aliphatic rings. The number of alkyl carbamates (subject to hydrolysis) is 1. The van der Waals surface area contributed by atoms with Crippen LogP contribution < -0.4 is 5.32 Å². The van der Waals surface area contributed by atoms with E-state index in [0.29, 0.717) is 6.61 Å². The Balaban J connectivity index is 1.95. The van der Waals surface area contributed by atoms with Gasteiger partial charge in [0.25, 0.3) is 0 Å². The maximum Gasteiger partial charge on any atom is 0.408 e. The predicted molar refractivity (Wildman–Crippen MR) is 68.4 cm³/mol. The summed E-state index contributed by atoms with van der Waals surface area (Å²) in [5, 5.41) is 3.82. The molecule has 2 unspecified atom stereocenters. The van der Waals surface area contributed by atoms with Gasteiger partial charge >= 0.3 is 6.09 Å². The molecule has 1 aliphatic heterocycles. The van der Waals surface area contributed by atoms with Crippen molar-refractivity contribution >= 4 is 22.0 Å². The van der Waals surface area contributed by atoms with Crippen LogP contribution in [0.3, 0.4) is 0 Å². The molecule has 1 N–H and O–H groups in total. The highest BCUT2D eigenvalue weighted by molar-refractivity contribution is 9.09. The minimum Gasteiger partial charge on any atom is -0.444 e. The van der Waals surface area contributed by atoms with E-state index in [4.69, 9.17) is 9.47 Å². The highest BCUT2D eigenvalue weighted by Gasteiger charge is 2.56. The van der Waals surface area contributed by atoms with Gasteiger partial charge in [-0.05, 0) is 33.6 Å². The maximum absolute atomic E-state index is 11.8. The van der Waals surface area contributed by atoms with E-state index in [1.54, 1.807) is 0 Å². The first-order valence-corrected chi connectivity index (χ1v) is 7.12. The number of carbonyl (C=O) groups excluding carboxylic acids is 1. The average molecular weight is 306 g/mol. The number of hydrogen-bond donors (Lipinski definition) is 1. The lowest BCUT2D eigenvalue weighted by atomic mass is 9.99. The normalized spacial score (nSPS) is 36.0. The Morgan fingerprint density at radius 1 is 1.47 bits per heavy atom. The van der Waals surface area contributed by atoms with Crippen molar-refractivity contribution in [3.05, 3.63) is 0 Å². The summed E-state index contributed by atoms with van der Waals surface area (Å²) < 4.78 is 11.1. The zero-order chi connectivity index (χ0) is 12.7. The summed E-state index contributed by atoms with van der Waals surface area (Å²) in [7, 11) is 0. The third-order valence-electron chi connectivity index (χ3n) is 3.38. The monoisotopic (exact) mass is 305 g/mol. The molecule has 1 aliphatic carbocycles. The van der Waals surface area contributed by atoms with Crippen LogP contribution in [0, 0.1) is 0 Å². The molecule has 0 radical (unpaired) electrons. The SMILES string of the molecule is CC(C)(C)OC(=O)NC12CCC(CBr)(C1)OC2. The van der Waals surface area contributed by atoms with E-state index in [9.17, 15) is 4.79 Å². The van der Waals surface area contributed by atoms with Gasteiger partial charge in [0.1, 0.15) is 5.60 Å². The summed E-state index contributed by atoms with van der Waals surface area (Å²) in [5.74, 6) is 0. The predicted octanol–water partition coefficient (Wildman–Crippen LogP) is 2.60. The molecule has 0 aromatic rings. The lowest BCUT2D eigenvalue weighted by Gasteiger charge is -2.29. The van der Waals surface area contributed by atoms with Crippen molar-refractivity contribution in [1.82, 2.24) is 5.32 Å². The number of ether oxygens (including phenoxy) is 2. The number of nitrogens with one attached hydrogen (secondary N) is 1. The van der Waals surface area contributed by atoms with Crippen LogP contribution in [-0.2, 0) is 9.47 Å². The van der Waals surface area contributed by atoms with Gasteiger partial charge in [0.15, 0.2) is 0 Å². The smallest absolute Gasteiger partial charge is 0.408 e. The van der Waals surface area contributed by atoms with Crippen molar-refractivity contribution in [3.63, 3.8) is 0 Å². The molecule has 1 saturated heterocycles. The topological polar surface area (TPSA) is 47.6 Å². The maximum atomic E-state index is 11.8. The number of rotatable bonds is 2. The van der Waals surface area contributed by atoms with Gasteiger partial charge in [-0.1, -0.05) is 15.9 Å². The van der Waals surface area contributed by atoms with Crippen LogP contribution >= 0.6 is 15.9 Å². The van der Waals surface area contributed by atoms with E-state index in [1.165, 1.54) is 0 Å². The number of amides is 1. The van der Waals surface area contributed by atoms with Gasteiger partial charge in [-0.25, -0.2) is 4.79 Å². The lowest BCUT2D eigenvalue weighted by Crippen LogP contribution is -2.49. The molecule has 5 heteroatoms. The number of fused-ring (bicyclic) bond motifs is 2. The van der Waals surface area contributed by atoms with Gasteiger partial charge in [-0.2, -0.15) is 0 Å². The minimum absolute atomic E-state index is 0.0744. The Morgan fingerprint density at radius 2 is 2.18 bits per heavy atom. The molecule has 0 spiro atoms. The van der Waals surface area contributed by atoms with E-state index in [-0.39, 0.29) is 17.2 Å². The van der Waals surface area contributed by atoms with Crippen molar-refractivity contribution in [2.45, 2.75) is 56.8 Å². The van der Waals surface area contributed by atoms with Crippen LogP contribution in [0.4, 0.5) is 4.79 Å². The molecule has 2 fully saturated rings. The van der Waals surface area contributed by atoms with Crippen molar-refractivity contribution in [1.29, 1.82) is 0 Å². The third-order valence-corrected chi connectivity index (χ3v) is 4.41. The highest BCUT2D eigenvalue weighted by atomic mass is 79.9. The summed E-state index contributed by atoms with van der Waals surface area (Å²) in [6, 6.07) is 0. The fourth-order valence-corrected chi connectivity index (χ4v) is 3.25. The first kappa shape index (κ1) is 13.1. The first-order chi connectivity index (χ1) is 7.78. The first-order valence-electron chi connectivity index (χ1n) is 5.99. The van der Waals surface area contributed by atoms with Crippen LogP contribution in [-0.4, -0.2) is 34.8 Å². The van der Waals surface area contributed by atoms with E-state index < -0.39 is 5.60 Å². The number of hydrogen-bond acceptors (Lipinski definition) is 3. The molecular formula is C12H20BrNO3. The summed E-state index contributed by atoms with van der Waals surface area (Å²) >= 11 is 3.49. The van der Waals surface area contributed by atoms with Crippen molar-refractivity contribution in [2.75, 3.05) is 11.9 Å². The third kappa shape index (κ3) is 2.76.